The second-order valence-corrected chi connectivity index (χ2v) is 9.20. The molecule has 0 atom stereocenters. The number of rotatable bonds is 5. The zero-order valence-electron chi connectivity index (χ0n) is 18.1. The molecular formula is C25H29ClFN3O2. The lowest BCUT2D eigenvalue weighted by Crippen LogP contribution is -2.48. The second-order valence-electron chi connectivity index (χ2n) is 8.76. The van der Waals surface area contributed by atoms with Gasteiger partial charge in [0.05, 0.1) is 0 Å². The van der Waals surface area contributed by atoms with Crippen molar-refractivity contribution in [2.45, 2.75) is 38.3 Å². The highest BCUT2D eigenvalue weighted by atomic mass is 35.5. The van der Waals surface area contributed by atoms with Gasteiger partial charge in [0.1, 0.15) is 5.82 Å². The standard InChI is InChI=1S/C25H29ClFN3O2/c26-21-5-1-18(2-6-21)17-29-13-11-23(12-14-29)28-24(31)19-9-15-30(16-10-19)25(32)20-3-7-22(27)8-4-20/h1-8,19,23H,9-17H2,(H,28,31). The lowest BCUT2D eigenvalue weighted by molar-refractivity contribution is -0.127. The third-order valence-electron chi connectivity index (χ3n) is 6.50. The third-order valence-corrected chi connectivity index (χ3v) is 6.75. The quantitative estimate of drug-likeness (QED) is 0.735. The van der Waals surface area contributed by atoms with E-state index in [0.29, 0.717) is 31.5 Å². The van der Waals surface area contributed by atoms with Crippen LogP contribution in [0, 0.1) is 11.7 Å². The van der Waals surface area contributed by atoms with E-state index in [-0.39, 0.29) is 29.6 Å². The summed E-state index contributed by atoms with van der Waals surface area (Å²) in [6, 6.07) is 13.8. The number of hydrogen-bond donors (Lipinski definition) is 1. The minimum Gasteiger partial charge on any atom is -0.353 e. The molecule has 2 fully saturated rings. The van der Waals surface area contributed by atoms with Crippen molar-refractivity contribution >= 4 is 23.4 Å². The molecule has 32 heavy (non-hydrogen) atoms. The minimum atomic E-state index is -0.354. The van der Waals surface area contributed by atoms with Gasteiger partial charge in [0.25, 0.3) is 5.91 Å². The van der Waals surface area contributed by atoms with E-state index in [0.717, 1.165) is 37.5 Å². The fourth-order valence-electron chi connectivity index (χ4n) is 4.52. The zero-order valence-corrected chi connectivity index (χ0v) is 18.9. The van der Waals surface area contributed by atoms with Gasteiger partial charge >= 0.3 is 0 Å². The van der Waals surface area contributed by atoms with E-state index in [9.17, 15) is 14.0 Å². The number of halogens is 2. The summed E-state index contributed by atoms with van der Waals surface area (Å²) in [7, 11) is 0. The van der Waals surface area contributed by atoms with Gasteiger partial charge in [-0.15, -0.1) is 0 Å². The number of carbonyl (C=O) groups is 2. The maximum Gasteiger partial charge on any atom is 0.253 e. The third kappa shape index (κ3) is 5.87. The molecule has 4 rings (SSSR count). The molecule has 1 N–H and O–H groups in total. The molecule has 2 amide bonds. The molecule has 0 spiro atoms. The van der Waals surface area contributed by atoms with Gasteiger partial charge in [0.15, 0.2) is 0 Å². The molecule has 5 nitrogen and oxygen atoms in total. The normalized spacial score (nSPS) is 18.5. The van der Waals surface area contributed by atoms with Crippen LogP contribution in [-0.4, -0.2) is 53.8 Å². The first-order valence-electron chi connectivity index (χ1n) is 11.3. The van der Waals surface area contributed by atoms with Crippen LogP contribution >= 0.6 is 11.6 Å². The minimum absolute atomic E-state index is 0.0561. The van der Waals surface area contributed by atoms with E-state index in [2.05, 4.69) is 22.3 Å². The first-order valence-corrected chi connectivity index (χ1v) is 11.7. The van der Waals surface area contributed by atoms with Crippen LogP contribution in [0.1, 0.15) is 41.6 Å². The molecule has 0 saturated carbocycles. The Kier molecular flexibility index (Phi) is 7.43. The number of nitrogens with one attached hydrogen (secondary N) is 1. The van der Waals surface area contributed by atoms with Crippen LogP contribution in [0.3, 0.4) is 0 Å². The monoisotopic (exact) mass is 457 g/mol. The molecule has 0 unspecified atom stereocenters. The molecule has 2 saturated heterocycles. The number of likely N-dealkylation sites (tertiary alicyclic amines) is 2. The molecular weight excluding hydrogens is 429 g/mol. The van der Waals surface area contributed by atoms with Crippen molar-refractivity contribution in [1.82, 2.24) is 15.1 Å². The van der Waals surface area contributed by atoms with Crippen LogP contribution < -0.4 is 5.32 Å². The number of hydrogen-bond acceptors (Lipinski definition) is 3. The fraction of sp³-hybridized carbons (Fsp3) is 0.440. The van der Waals surface area contributed by atoms with Crippen LogP contribution in [0.25, 0.3) is 0 Å². The Morgan fingerprint density at radius 3 is 2.16 bits per heavy atom. The predicted molar refractivity (Wildman–Crippen MR) is 123 cm³/mol. The van der Waals surface area contributed by atoms with Gasteiger partial charge in [-0.05, 0) is 67.6 Å². The molecule has 2 aliphatic heterocycles. The van der Waals surface area contributed by atoms with E-state index in [4.69, 9.17) is 11.6 Å². The number of piperidine rings is 2. The van der Waals surface area contributed by atoms with Crippen molar-refractivity contribution in [3.8, 4) is 0 Å². The fourth-order valence-corrected chi connectivity index (χ4v) is 4.65. The summed E-state index contributed by atoms with van der Waals surface area (Å²) in [6.45, 7) is 3.91. The maximum absolute atomic E-state index is 13.1. The van der Waals surface area contributed by atoms with Crippen molar-refractivity contribution < 1.29 is 14.0 Å². The summed E-state index contributed by atoms with van der Waals surface area (Å²) >= 11 is 5.96. The van der Waals surface area contributed by atoms with E-state index in [1.54, 1.807) is 4.90 Å². The van der Waals surface area contributed by atoms with Crippen LogP contribution in [0.2, 0.25) is 5.02 Å². The summed E-state index contributed by atoms with van der Waals surface area (Å²) in [4.78, 5) is 29.5. The largest absolute Gasteiger partial charge is 0.353 e. The Labute approximate surface area is 193 Å². The summed E-state index contributed by atoms with van der Waals surface area (Å²) in [5, 5.41) is 3.99. The summed E-state index contributed by atoms with van der Waals surface area (Å²) in [5.41, 5.74) is 1.73. The zero-order chi connectivity index (χ0) is 22.5. The van der Waals surface area contributed by atoms with Crippen LogP contribution in [0.5, 0.6) is 0 Å². The molecule has 0 aliphatic carbocycles. The Morgan fingerprint density at radius 1 is 0.906 bits per heavy atom. The molecule has 2 aromatic carbocycles. The van der Waals surface area contributed by atoms with Crippen molar-refractivity contribution in [2.24, 2.45) is 5.92 Å². The van der Waals surface area contributed by atoms with Gasteiger partial charge in [0.2, 0.25) is 5.91 Å². The molecule has 0 radical (unpaired) electrons. The van der Waals surface area contributed by atoms with Gasteiger partial charge in [-0.25, -0.2) is 4.39 Å². The summed E-state index contributed by atoms with van der Waals surface area (Å²) in [6.07, 6.45) is 3.21. The van der Waals surface area contributed by atoms with Crippen molar-refractivity contribution in [3.63, 3.8) is 0 Å². The van der Waals surface area contributed by atoms with Gasteiger partial charge in [-0.1, -0.05) is 23.7 Å². The van der Waals surface area contributed by atoms with Crippen LogP contribution in [0.15, 0.2) is 48.5 Å². The number of benzene rings is 2. The molecule has 7 heteroatoms. The smallest absolute Gasteiger partial charge is 0.253 e. The molecule has 2 heterocycles. The SMILES string of the molecule is O=C(NC1CCN(Cc2ccc(Cl)cc2)CC1)C1CCN(C(=O)c2ccc(F)cc2)CC1. The van der Waals surface area contributed by atoms with Crippen LogP contribution in [-0.2, 0) is 11.3 Å². The highest BCUT2D eigenvalue weighted by Gasteiger charge is 2.30. The Bertz CT molecular complexity index is 919. The Hall–Kier alpha value is -2.44. The molecule has 170 valence electrons. The number of carbonyl (C=O) groups excluding carboxylic acids is 2. The molecule has 2 aromatic rings. The van der Waals surface area contributed by atoms with Gasteiger partial charge in [-0.3, -0.25) is 14.5 Å². The predicted octanol–water partition coefficient (Wildman–Crippen LogP) is 4.11. The maximum atomic E-state index is 13.1. The average Bonchev–Trinajstić information content (AvgIpc) is 2.82. The lowest BCUT2D eigenvalue weighted by atomic mass is 9.94. The molecule has 0 aromatic heterocycles. The Balaban J connectivity index is 1.19. The summed E-state index contributed by atoms with van der Waals surface area (Å²) in [5.74, 6) is -0.404. The van der Waals surface area contributed by atoms with Crippen molar-refractivity contribution in [2.75, 3.05) is 26.2 Å². The second kappa shape index (κ2) is 10.5. The molecule has 2 aliphatic rings. The summed E-state index contributed by atoms with van der Waals surface area (Å²) < 4.78 is 13.1. The van der Waals surface area contributed by atoms with E-state index in [1.165, 1.54) is 29.8 Å². The average molecular weight is 458 g/mol. The van der Waals surface area contributed by atoms with Gasteiger partial charge < -0.3 is 10.2 Å². The first-order chi connectivity index (χ1) is 15.5. The van der Waals surface area contributed by atoms with E-state index < -0.39 is 0 Å². The van der Waals surface area contributed by atoms with Crippen molar-refractivity contribution in [1.29, 1.82) is 0 Å². The Morgan fingerprint density at radius 2 is 1.53 bits per heavy atom. The van der Waals surface area contributed by atoms with E-state index in [1.807, 2.05) is 12.1 Å². The molecule has 0 bridgehead atoms. The van der Waals surface area contributed by atoms with Gasteiger partial charge in [0, 0.05) is 55.3 Å². The topological polar surface area (TPSA) is 52.7 Å². The number of amides is 2. The van der Waals surface area contributed by atoms with Crippen molar-refractivity contribution in [3.05, 3.63) is 70.5 Å². The highest BCUT2D eigenvalue weighted by Crippen LogP contribution is 2.21. The number of nitrogens with zero attached hydrogens (tertiary/aromatic N) is 2. The lowest BCUT2D eigenvalue weighted by Gasteiger charge is -2.35. The highest BCUT2D eigenvalue weighted by molar-refractivity contribution is 6.30. The first kappa shape index (κ1) is 22.7. The van der Waals surface area contributed by atoms with Gasteiger partial charge in [-0.2, -0.15) is 0 Å². The van der Waals surface area contributed by atoms with Crippen LogP contribution in [0.4, 0.5) is 4.39 Å². The van der Waals surface area contributed by atoms with E-state index >= 15 is 0 Å².